The Kier molecular flexibility index (Phi) is 3.00. The molecule has 2 rings (SSSR count). The number of hydrogen-bond acceptors (Lipinski definition) is 3. The molecule has 0 saturated heterocycles. The number of nitrogens with zero attached hydrogens (tertiary/aromatic N) is 2. The maximum absolute atomic E-state index is 10.7. The third-order valence-electron chi connectivity index (χ3n) is 2.93. The molecule has 0 aliphatic carbocycles. The number of rotatable bonds is 2. The second kappa shape index (κ2) is 4.45. The highest BCUT2D eigenvalue weighted by Crippen LogP contribution is 2.24. The third kappa shape index (κ3) is 2.23. The Bertz CT molecular complexity index is 576. The quantitative estimate of drug-likeness (QED) is 0.739. The standard InChI is InChI=1S/C14H14N2O/c1-9-4-11(3)13(5-10(9)2)14-6-12(7-17)15-8-16-14/h4-8H,1-3H3. The van der Waals surface area contributed by atoms with E-state index < -0.39 is 0 Å². The van der Waals surface area contributed by atoms with Crippen molar-refractivity contribution in [2.45, 2.75) is 20.8 Å². The molecule has 0 amide bonds. The van der Waals surface area contributed by atoms with E-state index in [0.717, 1.165) is 23.1 Å². The van der Waals surface area contributed by atoms with Crippen LogP contribution in [0.3, 0.4) is 0 Å². The summed E-state index contributed by atoms with van der Waals surface area (Å²) in [7, 11) is 0. The van der Waals surface area contributed by atoms with Crippen LogP contribution in [0.25, 0.3) is 11.3 Å². The molecule has 1 aromatic carbocycles. The van der Waals surface area contributed by atoms with Crippen molar-refractivity contribution in [2.75, 3.05) is 0 Å². The molecule has 0 fully saturated rings. The summed E-state index contributed by atoms with van der Waals surface area (Å²) in [5.41, 5.74) is 5.89. The fraction of sp³-hybridized carbons (Fsp3) is 0.214. The highest BCUT2D eigenvalue weighted by Gasteiger charge is 2.06. The van der Waals surface area contributed by atoms with Crippen LogP contribution in [-0.2, 0) is 0 Å². The zero-order valence-electron chi connectivity index (χ0n) is 10.2. The maximum Gasteiger partial charge on any atom is 0.168 e. The van der Waals surface area contributed by atoms with Crippen molar-refractivity contribution < 1.29 is 4.79 Å². The summed E-state index contributed by atoms with van der Waals surface area (Å²) >= 11 is 0. The molecule has 1 heterocycles. The summed E-state index contributed by atoms with van der Waals surface area (Å²) in [5, 5.41) is 0. The minimum atomic E-state index is 0.410. The SMILES string of the molecule is Cc1cc(C)c(-c2cc(C=O)ncn2)cc1C. The van der Waals surface area contributed by atoms with Crippen molar-refractivity contribution in [2.24, 2.45) is 0 Å². The highest BCUT2D eigenvalue weighted by molar-refractivity contribution is 5.75. The molecule has 3 nitrogen and oxygen atoms in total. The number of aldehydes is 1. The number of carbonyl (C=O) groups is 1. The predicted molar refractivity (Wildman–Crippen MR) is 67.1 cm³/mol. The molecule has 0 spiro atoms. The van der Waals surface area contributed by atoms with Crippen LogP contribution >= 0.6 is 0 Å². The Hall–Kier alpha value is -2.03. The molecule has 17 heavy (non-hydrogen) atoms. The zero-order valence-corrected chi connectivity index (χ0v) is 10.2. The van der Waals surface area contributed by atoms with Gasteiger partial charge in [-0.1, -0.05) is 6.07 Å². The number of benzene rings is 1. The van der Waals surface area contributed by atoms with Crippen LogP contribution in [0.4, 0.5) is 0 Å². The van der Waals surface area contributed by atoms with Gasteiger partial charge in [-0.25, -0.2) is 9.97 Å². The molecule has 0 unspecified atom stereocenters. The van der Waals surface area contributed by atoms with Crippen molar-refractivity contribution in [3.05, 3.63) is 46.9 Å². The van der Waals surface area contributed by atoms with Crippen LogP contribution in [0.2, 0.25) is 0 Å². The fourth-order valence-electron chi connectivity index (χ4n) is 1.82. The molecule has 0 bridgehead atoms. The fourth-order valence-corrected chi connectivity index (χ4v) is 1.82. The molecule has 2 aromatic rings. The van der Waals surface area contributed by atoms with Gasteiger partial charge in [0.2, 0.25) is 0 Å². The van der Waals surface area contributed by atoms with Crippen LogP contribution in [0.5, 0.6) is 0 Å². The monoisotopic (exact) mass is 226 g/mol. The lowest BCUT2D eigenvalue weighted by Gasteiger charge is -2.09. The summed E-state index contributed by atoms with van der Waals surface area (Å²) in [6.45, 7) is 6.20. The van der Waals surface area contributed by atoms with E-state index in [1.807, 2.05) is 6.92 Å². The Labute approximate surface area is 101 Å². The number of carbonyl (C=O) groups excluding carboxylic acids is 1. The van der Waals surface area contributed by atoms with Crippen LogP contribution in [0.15, 0.2) is 24.5 Å². The van der Waals surface area contributed by atoms with E-state index in [1.165, 1.54) is 17.5 Å². The molecule has 0 atom stereocenters. The molecule has 0 aliphatic heterocycles. The first-order valence-corrected chi connectivity index (χ1v) is 5.47. The summed E-state index contributed by atoms with van der Waals surface area (Å²) in [5.74, 6) is 0. The molecular weight excluding hydrogens is 212 g/mol. The minimum absolute atomic E-state index is 0.410. The Morgan fingerprint density at radius 1 is 0.941 bits per heavy atom. The lowest BCUT2D eigenvalue weighted by atomic mass is 9.98. The summed E-state index contributed by atoms with van der Waals surface area (Å²) in [6, 6.07) is 5.94. The number of aryl methyl sites for hydroxylation is 3. The predicted octanol–water partition coefficient (Wildman–Crippen LogP) is 2.88. The zero-order chi connectivity index (χ0) is 12.4. The van der Waals surface area contributed by atoms with Crippen LogP contribution < -0.4 is 0 Å². The first-order valence-electron chi connectivity index (χ1n) is 5.47. The average molecular weight is 226 g/mol. The van der Waals surface area contributed by atoms with Gasteiger partial charge in [-0.05, 0) is 49.6 Å². The van der Waals surface area contributed by atoms with Gasteiger partial charge in [0.15, 0.2) is 6.29 Å². The average Bonchev–Trinajstić information content (AvgIpc) is 2.34. The van der Waals surface area contributed by atoms with Crippen molar-refractivity contribution in [3.8, 4) is 11.3 Å². The van der Waals surface area contributed by atoms with Crippen LogP contribution in [-0.4, -0.2) is 16.3 Å². The van der Waals surface area contributed by atoms with Crippen molar-refractivity contribution in [3.63, 3.8) is 0 Å². The molecule has 86 valence electrons. The van der Waals surface area contributed by atoms with E-state index in [-0.39, 0.29) is 0 Å². The Morgan fingerprint density at radius 3 is 2.35 bits per heavy atom. The van der Waals surface area contributed by atoms with E-state index in [4.69, 9.17) is 0 Å². The van der Waals surface area contributed by atoms with E-state index >= 15 is 0 Å². The Morgan fingerprint density at radius 2 is 1.65 bits per heavy atom. The molecular formula is C14H14N2O. The summed E-state index contributed by atoms with van der Waals surface area (Å²) in [6.07, 6.45) is 2.16. The summed E-state index contributed by atoms with van der Waals surface area (Å²) in [4.78, 5) is 18.8. The van der Waals surface area contributed by atoms with Gasteiger partial charge in [0, 0.05) is 5.56 Å². The second-order valence-electron chi connectivity index (χ2n) is 4.20. The molecule has 0 saturated carbocycles. The largest absolute Gasteiger partial charge is 0.296 e. The van der Waals surface area contributed by atoms with E-state index in [1.54, 1.807) is 6.07 Å². The molecule has 0 N–H and O–H groups in total. The maximum atomic E-state index is 10.7. The number of aromatic nitrogens is 2. The van der Waals surface area contributed by atoms with Gasteiger partial charge >= 0.3 is 0 Å². The molecule has 0 radical (unpaired) electrons. The van der Waals surface area contributed by atoms with Crippen LogP contribution in [0.1, 0.15) is 27.2 Å². The number of hydrogen-bond donors (Lipinski definition) is 0. The highest BCUT2D eigenvalue weighted by atomic mass is 16.1. The van der Waals surface area contributed by atoms with Gasteiger partial charge < -0.3 is 0 Å². The van der Waals surface area contributed by atoms with Crippen molar-refractivity contribution >= 4 is 6.29 Å². The van der Waals surface area contributed by atoms with E-state index in [0.29, 0.717) is 5.69 Å². The van der Waals surface area contributed by atoms with Gasteiger partial charge in [-0.2, -0.15) is 0 Å². The molecule has 0 aliphatic rings. The van der Waals surface area contributed by atoms with Crippen molar-refractivity contribution in [1.82, 2.24) is 9.97 Å². The first kappa shape index (κ1) is 11.5. The van der Waals surface area contributed by atoms with Gasteiger partial charge in [0.05, 0.1) is 5.69 Å². The lowest BCUT2D eigenvalue weighted by molar-refractivity contribution is 0.111. The normalized spacial score (nSPS) is 10.3. The Balaban J connectivity index is 2.59. The molecule has 1 aromatic heterocycles. The lowest BCUT2D eigenvalue weighted by Crippen LogP contribution is -1.94. The second-order valence-corrected chi connectivity index (χ2v) is 4.20. The van der Waals surface area contributed by atoms with Gasteiger partial charge in [-0.3, -0.25) is 4.79 Å². The van der Waals surface area contributed by atoms with Gasteiger partial charge in [0.25, 0.3) is 0 Å². The third-order valence-corrected chi connectivity index (χ3v) is 2.93. The van der Waals surface area contributed by atoms with E-state index in [2.05, 4.69) is 35.9 Å². The van der Waals surface area contributed by atoms with Crippen molar-refractivity contribution in [1.29, 1.82) is 0 Å². The van der Waals surface area contributed by atoms with Crippen LogP contribution in [0, 0.1) is 20.8 Å². The minimum Gasteiger partial charge on any atom is -0.296 e. The molecule has 3 heteroatoms. The smallest absolute Gasteiger partial charge is 0.168 e. The van der Waals surface area contributed by atoms with Gasteiger partial charge in [-0.15, -0.1) is 0 Å². The van der Waals surface area contributed by atoms with Gasteiger partial charge in [0.1, 0.15) is 12.0 Å². The first-order chi connectivity index (χ1) is 8.11. The topological polar surface area (TPSA) is 42.9 Å². The summed E-state index contributed by atoms with van der Waals surface area (Å²) < 4.78 is 0. The van der Waals surface area contributed by atoms with E-state index in [9.17, 15) is 4.79 Å².